The van der Waals surface area contributed by atoms with Crippen molar-refractivity contribution in [3.63, 3.8) is 0 Å². The maximum atomic E-state index is 12.3. The molecule has 1 aromatic heterocycles. The zero-order valence-corrected chi connectivity index (χ0v) is 13.6. The van der Waals surface area contributed by atoms with Crippen molar-refractivity contribution in [1.29, 1.82) is 0 Å². The van der Waals surface area contributed by atoms with E-state index in [2.05, 4.69) is 35.6 Å². The number of aryl methyl sites for hydroxylation is 1. The predicted molar refractivity (Wildman–Crippen MR) is 83.9 cm³/mol. The molecule has 2 heterocycles. The zero-order chi connectivity index (χ0) is 15.4. The third kappa shape index (κ3) is 3.86. The van der Waals surface area contributed by atoms with Crippen LogP contribution < -0.4 is 5.32 Å². The molecule has 0 aliphatic carbocycles. The lowest BCUT2D eigenvalue weighted by atomic mass is 10.2. The lowest BCUT2D eigenvalue weighted by molar-refractivity contribution is 0.0383. The van der Waals surface area contributed by atoms with Crippen molar-refractivity contribution < 1.29 is 9.53 Å². The van der Waals surface area contributed by atoms with E-state index < -0.39 is 0 Å². The molecule has 0 saturated carbocycles. The summed E-state index contributed by atoms with van der Waals surface area (Å²) < 4.78 is 7.52. The Balaban J connectivity index is 1.90. The van der Waals surface area contributed by atoms with Crippen molar-refractivity contribution in [3.8, 4) is 0 Å². The number of morpholine rings is 1. The van der Waals surface area contributed by atoms with E-state index in [1.165, 1.54) is 0 Å². The quantitative estimate of drug-likeness (QED) is 0.899. The van der Waals surface area contributed by atoms with Crippen LogP contribution in [0.4, 0.5) is 0 Å². The molecule has 118 valence electrons. The minimum absolute atomic E-state index is 0.0308. The highest BCUT2D eigenvalue weighted by Gasteiger charge is 2.17. The number of nitrogens with one attached hydrogen (secondary N) is 1. The third-order valence-corrected chi connectivity index (χ3v) is 4.06. The number of hydrogen-bond acceptors (Lipinski definition) is 3. The first-order valence-electron chi connectivity index (χ1n) is 7.77. The Labute approximate surface area is 127 Å². The second-order valence-corrected chi connectivity index (χ2v) is 5.96. The van der Waals surface area contributed by atoms with E-state index in [4.69, 9.17) is 4.74 Å². The Morgan fingerprint density at radius 1 is 1.33 bits per heavy atom. The average Bonchev–Trinajstić information content (AvgIpc) is 2.75. The number of hydrogen-bond donors (Lipinski definition) is 1. The van der Waals surface area contributed by atoms with Gasteiger partial charge in [0.15, 0.2) is 0 Å². The molecule has 21 heavy (non-hydrogen) atoms. The number of aromatic nitrogens is 1. The highest BCUT2D eigenvalue weighted by molar-refractivity contribution is 5.95. The second-order valence-electron chi connectivity index (χ2n) is 5.96. The highest BCUT2D eigenvalue weighted by Crippen LogP contribution is 2.19. The van der Waals surface area contributed by atoms with Gasteiger partial charge in [-0.15, -0.1) is 0 Å². The van der Waals surface area contributed by atoms with Crippen molar-refractivity contribution in [2.24, 2.45) is 0 Å². The molecular formula is C16H27N3O2. The molecule has 1 aliphatic heterocycles. The standard InChI is InChI=1S/C16H27N3O2/c1-12(2)19-13(3)11-15(14(19)4)16(20)17-5-6-18-7-9-21-10-8-18/h11-12H,5-10H2,1-4H3,(H,17,20). The van der Waals surface area contributed by atoms with Crippen LogP contribution in [0.25, 0.3) is 0 Å². The van der Waals surface area contributed by atoms with Gasteiger partial charge in [-0.3, -0.25) is 9.69 Å². The molecule has 2 rings (SSSR count). The summed E-state index contributed by atoms with van der Waals surface area (Å²) in [5, 5.41) is 3.03. The molecule has 0 aromatic carbocycles. The second kappa shape index (κ2) is 7.09. The molecule has 1 N–H and O–H groups in total. The van der Waals surface area contributed by atoms with Crippen LogP contribution in [0.15, 0.2) is 6.07 Å². The first-order valence-corrected chi connectivity index (χ1v) is 7.77. The molecule has 1 fully saturated rings. The van der Waals surface area contributed by atoms with E-state index in [1.807, 2.05) is 13.0 Å². The average molecular weight is 293 g/mol. The van der Waals surface area contributed by atoms with E-state index >= 15 is 0 Å². The van der Waals surface area contributed by atoms with E-state index in [9.17, 15) is 4.79 Å². The molecule has 1 saturated heterocycles. The van der Waals surface area contributed by atoms with Crippen molar-refractivity contribution in [2.45, 2.75) is 33.7 Å². The molecule has 1 aliphatic rings. The van der Waals surface area contributed by atoms with Crippen LogP contribution in [0.1, 0.15) is 41.6 Å². The summed E-state index contributed by atoms with van der Waals surface area (Å²) in [6, 6.07) is 2.36. The maximum Gasteiger partial charge on any atom is 0.253 e. The smallest absolute Gasteiger partial charge is 0.253 e. The number of nitrogens with zero attached hydrogens (tertiary/aromatic N) is 2. The molecule has 0 bridgehead atoms. The van der Waals surface area contributed by atoms with Crippen molar-refractivity contribution >= 4 is 5.91 Å². The minimum Gasteiger partial charge on any atom is -0.379 e. The van der Waals surface area contributed by atoms with Crippen LogP contribution in [0.3, 0.4) is 0 Å². The van der Waals surface area contributed by atoms with Gasteiger partial charge in [0.05, 0.1) is 18.8 Å². The van der Waals surface area contributed by atoms with Gasteiger partial charge >= 0.3 is 0 Å². The fourth-order valence-corrected chi connectivity index (χ4v) is 3.05. The Hall–Kier alpha value is -1.33. The van der Waals surface area contributed by atoms with Gasteiger partial charge in [-0.25, -0.2) is 0 Å². The Kier molecular flexibility index (Phi) is 5.42. The summed E-state index contributed by atoms with van der Waals surface area (Å²) >= 11 is 0. The Bertz CT molecular complexity index is 488. The van der Waals surface area contributed by atoms with Crippen molar-refractivity contribution in [3.05, 3.63) is 23.0 Å². The van der Waals surface area contributed by atoms with Gasteiger partial charge in [0.2, 0.25) is 0 Å². The summed E-state index contributed by atoms with van der Waals surface area (Å²) in [5.74, 6) is 0.0308. The molecule has 5 nitrogen and oxygen atoms in total. The fraction of sp³-hybridized carbons (Fsp3) is 0.688. The van der Waals surface area contributed by atoms with E-state index in [0.717, 1.165) is 49.8 Å². The van der Waals surface area contributed by atoms with Crippen LogP contribution in [0.2, 0.25) is 0 Å². The van der Waals surface area contributed by atoms with E-state index in [-0.39, 0.29) is 5.91 Å². The molecule has 0 radical (unpaired) electrons. The van der Waals surface area contributed by atoms with Crippen LogP contribution in [0.5, 0.6) is 0 Å². The molecular weight excluding hydrogens is 266 g/mol. The number of carbonyl (C=O) groups is 1. The third-order valence-electron chi connectivity index (χ3n) is 4.06. The number of ether oxygens (including phenoxy) is 1. The van der Waals surface area contributed by atoms with Crippen LogP contribution >= 0.6 is 0 Å². The van der Waals surface area contributed by atoms with Gasteiger partial charge in [-0.05, 0) is 33.8 Å². The number of amides is 1. The van der Waals surface area contributed by atoms with Crippen LogP contribution in [-0.2, 0) is 4.74 Å². The summed E-state index contributed by atoms with van der Waals surface area (Å²) in [7, 11) is 0. The number of rotatable bonds is 5. The Morgan fingerprint density at radius 3 is 2.57 bits per heavy atom. The predicted octanol–water partition coefficient (Wildman–Crippen LogP) is 1.75. The largest absolute Gasteiger partial charge is 0.379 e. The van der Waals surface area contributed by atoms with Gasteiger partial charge in [0.25, 0.3) is 5.91 Å². The molecule has 0 atom stereocenters. The van der Waals surface area contributed by atoms with Crippen LogP contribution in [-0.4, -0.2) is 54.8 Å². The highest BCUT2D eigenvalue weighted by atomic mass is 16.5. The topological polar surface area (TPSA) is 46.5 Å². The maximum absolute atomic E-state index is 12.3. The molecule has 0 unspecified atom stereocenters. The minimum atomic E-state index is 0.0308. The SMILES string of the molecule is Cc1cc(C(=O)NCCN2CCOCC2)c(C)n1C(C)C. The monoisotopic (exact) mass is 293 g/mol. The summed E-state index contributed by atoms with van der Waals surface area (Å²) in [4.78, 5) is 14.6. The molecule has 1 amide bonds. The van der Waals surface area contributed by atoms with E-state index in [0.29, 0.717) is 12.6 Å². The summed E-state index contributed by atoms with van der Waals surface area (Å²) in [6.07, 6.45) is 0. The molecule has 1 aromatic rings. The van der Waals surface area contributed by atoms with Gasteiger partial charge < -0.3 is 14.6 Å². The lowest BCUT2D eigenvalue weighted by Crippen LogP contribution is -2.41. The molecule has 5 heteroatoms. The van der Waals surface area contributed by atoms with Crippen molar-refractivity contribution in [1.82, 2.24) is 14.8 Å². The van der Waals surface area contributed by atoms with Gasteiger partial charge in [-0.2, -0.15) is 0 Å². The Morgan fingerprint density at radius 2 is 2.00 bits per heavy atom. The summed E-state index contributed by atoms with van der Waals surface area (Å²) in [6.45, 7) is 13.4. The first kappa shape index (κ1) is 16.0. The lowest BCUT2D eigenvalue weighted by Gasteiger charge is -2.26. The van der Waals surface area contributed by atoms with Gasteiger partial charge in [-0.1, -0.05) is 0 Å². The van der Waals surface area contributed by atoms with E-state index in [1.54, 1.807) is 0 Å². The van der Waals surface area contributed by atoms with Crippen molar-refractivity contribution in [2.75, 3.05) is 39.4 Å². The normalized spacial score (nSPS) is 16.4. The first-order chi connectivity index (χ1) is 10.0. The van der Waals surface area contributed by atoms with Gasteiger partial charge in [0.1, 0.15) is 0 Å². The number of carbonyl (C=O) groups excluding carboxylic acids is 1. The van der Waals surface area contributed by atoms with Crippen LogP contribution in [0, 0.1) is 13.8 Å². The summed E-state index contributed by atoms with van der Waals surface area (Å²) in [5.41, 5.74) is 2.98. The van der Waals surface area contributed by atoms with Gasteiger partial charge in [0, 0.05) is 43.6 Å². The zero-order valence-electron chi connectivity index (χ0n) is 13.6. The fourth-order valence-electron chi connectivity index (χ4n) is 3.05. The molecule has 0 spiro atoms.